The van der Waals surface area contributed by atoms with Crippen molar-refractivity contribution in [2.75, 3.05) is 24.5 Å². The van der Waals surface area contributed by atoms with Gasteiger partial charge in [0.05, 0.1) is 0 Å². The molecule has 0 saturated carbocycles. The summed E-state index contributed by atoms with van der Waals surface area (Å²) in [5, 5.41) is 0.968. The van der Waals surface area contributed by atoms with Crippen molar-refractivity contribution < 1.29 is 4.79 Å². The molecule has 1 aliphatic rings. The number of carbonyl (C=O) groups excluding carboxylic acids is 1. The number of hydrogen-bond donors (Lipinski definition) is 0. The summed E-state index contributed by atoms with van der Waals surface area (Å²) < 4.78 is 4.54. The first-order valence-electron chi connectivity index (χ1n) is 9.35. The highest BCUT2D eigenvalue weighted by Gasteiger charge is 2.29. The van der Waals surface area contributed by atoms with E-state index in [0.29, 0.717) is 12.3 Å². The molecule has 0 aliphatic carbocycles. The number of anilines is 1. The maximum atomic E-state index is 12.4. The SMILES string of the molecule is Cc1ccc(Cc2nsc(N3CCN(C(=O)CC(C)C)C(C)C3)n2)cc1. The van der Waals surface area contributed by atoms with Crippen LogP contribution in [0.25, 0.3) is 0 Å². The Morgan fingerprint density at radius 3 is 2.65 bits per heavy atom. The van der Waals surface area contributed by atoms with E-state index in [1.165, 1.54) is 22.7 Å². The van der Waals surface area contributed by atoms with Crippen LogP contribution in [0.2, 0.25) is 0 Å². The lowest BCUT2D eigenvalue weighted by Gasteiger charge is -2.40. The minimum Gasteiger partial charge on any atom is -0.343 e. The average Bonchev–Trinajstić information content (AvgIpc) is 3.04. The van der Waals surface area contributed by atoms with Crippen LogP contribution in [-0.4, -0.2) is 45.8 Å². The van der Waals surface area contributed by atoms with Crippen LogP contribution in [0.3, 0.4) is 0 Å². The smallest absolute Gasteiger partial charge is 0.223 e. The lowest BCUT2D eigenvalue weighted by Crippen LogP contribution is -2.54. The van der Waals surface area contributed by atoms with E-state index in [0.717, 1.165) is 37.0 Å². The van der Waals surface area contributed by atoms with Gasteiger partial charge in [-0.05, 0) is 25.3 Å². The third-order valence-electron chi connectivity index (χ3n) is 4.74. The number of benzene rings is 1. The number of amides is 1. The highest BCUT2D eigenvalue weighted by Crippen LogP contribution is 2.23. The zero-order chi connectivity index (χ0) is 18.7. The Balaban J connectivity index is 1.60. The molecule has 0 radical (unpaired) electrons. The van der Waals surface area contributed by atoms with Crippen LogP contribution in [0.5, 0.6) is 0 Å². The van der Waals surface area contributed by atoms with Gasteiger partial charge in [-0.2, -0.15) is 4.37 Å². The van der Waals surface area contributed by atoms with Gasteiger partial charge in [-0.1, -0.05) is 43.7 Å². The number of hydrogen-bond acceptors (Lipinski definition) is 5. The van der Waals surface area contributed by atoms with E-state index in [2.05, 4.69) is 61.2 Å². The van der Waals surface area contributed by atoms with E-state index >= 15 is 0 Å². The first-order valence-corrected chi connectivity index (χ1v) is 10.1. The molecule has 1 amide bonds. The molecule has 1 unspecified atom stereocenters. The third-order valence-corrected chi connectivity index (χ3v) is 5.56. The molecule has 0 spiro atoms. The summed E-state index contributed by atoms with van der Waals surface area (Å²) >= 11 is 1.46. The Morgan fingerprint density at radius 2 is 2.00 bits per heavy atom. The molecule has 6 heteroatoms. The minimum atomic E-state index is 0.208. The molecule has 3 rings (SSSR count). The lowest BCUT2D eigenvalue weighted by molar-refractivity contribution is -0.134. The summed E-state index contributed by atoms with van der Waals surface area (Å²) in [6, 6.07) is 8.73. The highest BCUT2D eigenvalue weighted by molar-refractivity contribution is 7.09. The van der Waals surface area contributed by atoms with Crippen molar-refractivity contribution in [3.05, 3.63) is 41.2 Å². The molecule has 1 atom stereocenters. The topological polar surface area (TPSA) is 49.3 Å². The number of aryl methyl sites for hydroxylation is 1. The molecule has 1 aliphatic heterocycles. The zero-order valence-corrected chi connectivity index (χ0v) is 16.9. The Morgan fingerprint density at radius 1 is 1.27 bits per heavy atom. The summed E-state index contributed by atoms with van der Waals surface area (Å²) in [5.74, 6) is 1.55. The molecule has 26 heavy (non-hydrogen) atoms. The number of carbonyl (C=O) groups is 1. The third kappa shape index (κ3) is 4.61. The second-order valence-electron chi connectivity index (χ2n) is 7.64. The largest absolute Gasteiger partial charge is 0.343 e. The maximum absolute atomic E-state index is 12.4. The summed E-state index contributed by atoms with van der Waals surface area (Å²) in [6.45, 7) is 10.8. The Hall–Kier alpha value is -1.95. The quantitative estimate of drug-likeness (QED) is 0.806. The summed E-state index contributed by atoms with van der Waals surface area (Å²) in [7, 11) is 0. The molecule has 1 aromatic heterocycles. The summed E-state index contributed by atoms with van der Waals surface area (Å²) in [4.78, 5) is 21.4. The number of rotatable bonds is 5. The molecule has 0 N–H and O–H groups in total. The predicted molar refractivity (Wildman–Crippen MR) is 107 cm³/mol. The molecule has 1 fully saturated rings. The Bertz CT molecular complexity index is 741. The van der Waals surface area contributed by atoms with Gasteiger partial charge < -0.3 is 9.80 Å². The van der Waals surface area contributed by atoms with Gasteiger partial charge in [-0.3, -0.25) is 4.79 Å². The molecular formula is C20H28N4OS. The predicted octanol–water partition coefficient (Wildman–Crippen LogP) is 3.52. The van der Waals surface area contributed by atoms with E-state index in [1.54, 1.807) is 0 Å². The molecule has 2 heterocycles. The van der Waals surface area contributed by atoms with E-state index in [-0.39, 0.29) is 11.9 Å². The van der Waals surface area contributed by atoms with E-state index in [9.17, 15) is 4.79 Å². The Kier molecular flexibility index (Phi) is 5.91. The van der Waals surface area contributed by atoms with Crippen molar-refractivity contribution in [1.29, 1.82) is 0 Å². The number of piperazine rings is 1. The Labute approximate surface area is 160 Å². The number of aromatic nitrogens is 2. The minimum absolute atomic E-state index is 0.208. The summed E-state index contributed by atoms with van der Waals surface area (Å²) in [6.07, 6.45) is 1.39. The molecular weight excluding hydrogens is 344 g/mol. The molecule has 1 saturated heterocycles. The lowest BCUT2D eigenvalue weighted by atomic mass is 10.1. The van der Waals surface area contributed by atoms with Gasteiger partial charge in [0.2, 0.25) is 11.0 Å². The van der Waals surface area contributed by atoms with Crippen molar-refractivity contribution in [2.45, 2.75) is 46.6 Å². The second kappa shape index (κ2) is 8.16. The van der Waals surface area contributed by atoms with E-state index in [1.807, 2.05) is 4.90 Å². The standard InChI is InChI=1S/C20H28N4OS/c1-14(2)11-19(25)24-10-9-23(13-16(24)4)20-21-18(22-26-20)12-17-7-5-15(3)6-8-17/h5-8,14,16H,9-13H2,1-4H3. The van der Waals surface area contributed by atoms with Crippen molar-refractivity contribution in [1.82, 2.24) is 14.3 Å². The maximum Gasteiger partial charge on any atom is 0.223 e. The van der Waals surface area contributed by atoms with Crippen LogP contribution in [0.1, 0.15) is 44.1 Å². The van der Waals surface area contributed by atoms with Crippen LogP contribution >= 0.6 is 11.5 Å². The van der Waals surface area contributed by atoms with Crippen LogP contribution in [-0.2, 0) is 11.2 Å². The fraction of sp³-hybridized carbons (Fsp3) is 0.550. The molecule has 5 nitrogen and oxygen atoms in total. The monoisotopic (exact) mass is 372 g/mol. The normalized spacial score (nSPS) is 17.8. The summed E-state index contributed by atoms with van der Waals surface area (Å²) in [5.41, 5.74) is 2.50. The van der Waals surface area contributed by atoms with Crippen molar-refractivity contribution in [3.8, 4) is 0 Å². The molecule has 140 valence electrons. The van der Waals surface area contributed by atoms with Crippen LogP contribution in [0.4, 0.5) is 5.13 Å². The second-order valence-corrected chi connectivity index (χ2v) is 8.37. The van der Waals surface area contributed by atoms with Crippen LogP contribution in [0, 0.1) is 12.8 Å². The van der Waals surface area contributed by atoms with Gasteiger partial charge in [0.25, 0.3) is 0 Å². The van der Waals surface area contributed by atoms with E-state index < -0.39 is 0 Å². The molecule has 0 bridgehead atoms. The molecule has 2 aromatic rings. The van der Waals surface area contributed by atoms with Crippen molar-refractivity contribution in [2.24, 2.45) is 5.92 Å². The van der Waals surface area contributed by atoms with E-state index in [4.69, 9.17) is 4.98 Å². The van der Waals surface area contributed by atoms with Gasteiger partial charge in [-0.25, -0.2) is 4.98 Å². The van der Waals surface area contributed by atoms with Crippen LogP contribution < -0.4 is 4.90 Å². The van der Waals surface area contributed by atoms with Gasteiger partial charge in [0, 0.05) is 50.1 Å². The fourth-order valence-corrected chi connectivity index (χ4v) is 4.02. The van der Waals surface area contributed by atoms with Crippen molar-refractivity contribution >= 4 is 22.6 Å². The first-order chi connectivity index (χ1) is 12.4. The average molecular weight is 373 g/mol. The van der Waals surface area contributed by atoms with Crippen molar-refractivity contribution in [3.63, 3.8) is 0 Å². The van der Waals surface area contributed by atoms with Crippen LogP contribution in [0.15, 0.2) is 24.3 Å². The first kappa shape index (κ1) is 18.8. The number of nitrogens with zero attached hydrogens (tertiary/aromatic N) is 4. The van der Waals surface area contributed by atoms with Gasteiger partial charge in [0.15, 0.2) is 0 Å². The molecule has 1 aromatic carbocycles. The van der Waals surface area contributed by atoms with Gasteiger partial charge in [-0.15, -0.1) is 0 Å². The fourth-order valence-electron chi connectivity index (χ4n) is 3.30. The van der Waals surface area contributed by atoms with Gasteiger partial charge in [0.1, 0.15) is 5.82 Å². The highest BCUT2D eigenvalue weighted by atomic mass is 32.1. The van der Waals surface area contributed by atoms with Gasteiger partial charge >= 0.3 is 0 Å². The zero-order valence-electron chi connectivity index (χ0n) is 16.1.